The minimum absolute atomic E-state index is 0.00925. The summed E-state index contributed by atoms with van der Waals surface area (Å²) in [5, 5.41) is 10.8. The molecule has 0 aliphatic heterocycles. The Morgan fingerprint density at radius 3 is 2.84 bits per heavy atom. The summed E-state index contributed by atoms with van der Waals surface area (Å²) in [6, 6.07) is 3.73. The molecule has 19 heavy (non-hydrogen) atoms. The lowest BCUT2D eigenvalue weighted by atomic mass is 10.3. The number of nitro groups is 1. The maximum atomic E-state index is 10.8. The summed E-state index contributed by atoms with van der Waals surface area (Å²) in [5.74, 6) is 0.601. The van der Waals surface area contributed by atoms with Crippen LogP contribution in [0.2, 0.25) is 0 Å². The van der Waals surface area contributed by atoms with Gasteiger partial charge < -0.3 is 14.9 Å². The average molecular weight is 262 g/mol. The molecule has 0 unspecified atom stereocenters. The molecular weight excluding hydrogens is 248 g/mol. The first kappa shape index (κ1) is 13.2. The van der Waals surface area contributed by atoms with Crippen LogP contribution in [0.1, 0.15) is 11.4 Å². The van der Waals surface area contributed by atoms with E-state index in [1.807, 2.05) is 12.1 Å². The van der Waals surface area contributed by atoms with Gasteiger partial charge in [0.1, 0.15) is 12.7 Å². The molecule has 0 N–H and O–H groups in total. The molecule has 2 aromatic rings. The third-order valence-electron chi connectivity index (χ3n) is 2.70. The minimum Gasteiger partial charge on any atom is -0.373 e. The van der Waals surface area contributed by atoms with Gasteiger partial charge in [0.15, 0.2) is 5.82 Å². The van der Waals surface area contributed by atoms with Gasteiger partial charge in [-0.15, -0.1) is 0 Å². The van der Waals surface area contributed by atoms with Crippen LogP contribution in [0.15, 0.2) is 30.7 Å². The minimum atomic E-state index is -0.442. The van der Waals surface area contributed by atoms with Crippen molar-refractivity contribution in [2.45, 2.75) is 20.1 Å². The second kappa shape index (κ2) is 6.05. The molecule has 2 rings (SSSR count). The fraction of sp³-hybridized carbons (Fsp3) is 0.333. The summed E-state index contributed by atoms with van der Waals surface area (Å²) in [4.78, 5) is 18.2. The second-order valence-corrected chi connectivity index (χ2v) is 3.98. The summed E-state index contributed by atoms with van der Waals surface area (Å²) in [5.41, 5.74) is 1.02. The molecule has 7 heteroatoms. The normalized spacial score (nSPS) is 10.6. The van der Waals surface area contributed by atoms with Crippen molar-refractivity contribution in [2.75, 3.05) is 6.61 Å². The number of aromatic nitrogens is 3. The van der Waals surface area contributed by atoms with Gasteiger partial charge in [-0.2, -0.15) is 0 Å². The highest BCUT2D eigenvalue weighted by molar-refractivity contribution is 5.18. The van der Waals surface area contributed by atoms with E-state index >= 15 is 0 Å². The van der Waals surface area contributed by atoms with Gasteiger partial charge in [0.2, 0.25) is 0 Å². The van der Waals surface area contributed by atoms with E-state index in [9.17, 15) is 10.1 Å². The maximum absolute atomic E-state index is 10.8. The molecule has 0 aliphatic rings. The van der Waals surface area contributed by atoms with Crippen LogP contribution >= 0.6 is 0 Å². The Hall–Kier alpha value is -2.28. The first-order valence-corrected chi connectivity index (χ1v) is 5.81. The molecule has 2 aromatic heterocycles. The fourth-order valence-electron chi connectivity index (χ4n) is 1.70. The van der Waals surface area contributed by atoms with E-state index in [-0.39, 0.29) is 5.82 Å². The molecule has 0 atom stereocenters. The summed E-state index contributed by atoms with van der Waals surface area (Å²) < 4.78 is 7.02. The number of hydrogen-bond donors (Lipinski definition) is 0. The van der Waals surface area contributed by atoms with Crippen molar-refractivity contribution < 1.29 is 9.66 Å². The van der Waals surface area contributed by atoms with Crippen LogP contribution < -0.4 is 0 Å². The van der Waals surface area contributed by atoms with Gasteiger partial charge in [0.25, 0.3) is 0 Å². The molecule has 100 valence electrons. The molecule has 0 saturated carbocycles. The zero-order valence-corrected chi connectivity index (χ0v) is 10.5. The Morgan fingerprint density at radius 2 is 2.16 bits per heavy atom. The number of nitrogens with zero attached hydrogens (tertiary/aromatic N) is 4. The van der Waals surface area contributed by atoms with Crippen LogP contribution in [0.3, 0.4) is 0 Å². The van der Waals surface area contributed by atoms with Crippen molar-refractivity contribution in [3.05, 3.63) is 52.2 Å². The zero-order valence-electron chi connectivity index (χ0n) is 10.5. The van der Waals surface area contributed by atoms with Crippen LogP contribution in [-0.4, -0.2) is 26.1 Å². The standard InChI is InChI=1S/C12H14N4O3/c1-10-14-8-12(16(17)18)15(10)6-7-19-9-11-2-4-13-5-3-11/h2-5,8H,6-7,9H2,1H3. The third-order valence-corrected chi connectivity index (χ3v) is 2.70. The largest absolute Gasteiger partial charge is 0.373 e. The Bertz CT molecular complexity index is 553. The van der Waals surface area contributed by atoms with Gasteiger partial charge >= 0.3 is 5.82 Å². The van der Waals surface area contributed by atoms with E-state index in [0.717, 1.165) is 5.56 Å². The number of ether oxygens (including phenoxy) is 1. The molecule has 7 nitrogen and oxygen atoms in total. The smallest absolute Gasteiger partial charge is 0.342 e. The first-order chi connectivity index (χ1) is 9.18. The number of aryl methyl sites for hydroxylation is 1. The van der Waals surface area contributed by atoms with Gasteiger partial charge in [-0.1, -0.05) is 0 Å². The maximum Gasteiger partial charge on any atom is 0.342 e. The Morgan fingerprint density at radius 1 is 1.42 bits per heavy atom. The summed E-state index contributed by atoms with van der Waals surface area (Å²) in [6.07, 6.45) is 4.66. The van der Waals surface area contributed by atoms with E-state index in [2.05, 4.69) is 9.97 Å². The van der Waals surface area contributed by atoms with E-state index in [1.165, 1.54) is 10.8 Å². The Balaban J connectivity index is 1.86. The van der Waals surface area contributed by atoms with Crippen LogP contribution in [0.5, 0.6) is 0 Å². The monoisotopic (exact) mass is 262 g/mol. The lowest BCUT2D eigenvalue weighted by Gasteiger charge is -2.05. The second-order valence-electron chi connectivity index (χ2n) is 3.98. The van der Waals surface area contributed by atoms with Gasteiger partial charge in [-0.05, 0) is 22.6 Å². The van der Waals surface area contributed by atoms with E-state index in [4.69, 9.17) is 4.74 Å². The molecule has 0 aromatic carbocycles. The summed E-state index contributed by atoms with van der Waals surface area (Å²) >= 11 is 0. The van der Waals surface area contributed by atoms with E-state index in [1.54, 1.807) is 19.3 Å². The molecule has 0 spiro atoms. The predicted octanol–water partition coefficient (Wildman–Crippen LogP) is 1.71. The first-order valence-electron chi connectivity index (χ1n) is 5.81. The molecule has 0 saturated heterocycles. The summed E-state index contributed by atoms with van der Waals surface area (Å²) in [6.45, 7) is 2.99. The number of imidazole rings is 1. The quantitative estimate of drug-likeness (QED) is 0.449. The topological polar surface area (TPSA) is 83.1 Å². The highest BCUT2D eigenvalue weighted by Gasteiger charge is 2.16. The van der Waals surface area contributed by atoms with Crippen molar-refractivity contribution in [1.82, 2.24) is 14.5 Å². The molecular formula is C12H14N4O3. The van der Waals surface area contributed by atoms with Crippen molar-refractivity contribution in [3.63, 3.8) is 0 Å². The van der Waals surface area contributed by atoms with Crippen molar-refractivity contribution >= 4 is 5.82 Å². The third kappa shape index (κ3) is 3.35. The Kier molecular flexibility index (Phi) is 4.19. The van der Waals surface area contributed by atoms with Crippen LogP contribution in [0, 0.1) is 17.0 Å². The van der Waals surface area contributed by atoms with Crippen molar-refractivity contribution in [1.29, 1.82) is 0 Å². The van der Waals surface area contributed by atoms with Crippen molar-refractivity contribution in [2.24, 2.45) is 0 Å². The van der Waals surface area contributed by atoms with Gasteiger partial charge in [-0.3, -0.25) is 4.98 Å². The van der Waals surface area contributed by atoms with Gasteiger partial charge in [0, 0.05) is 19.3 Å². The predicted molar refractivity (Wildman–Crippen MR) is 67.5 cm³/mol. The lowest BCUT2D eigenvalue weighted by molar-refractivity contribution is -0.392. The van der Waals surface area contributed by atoms with Gasteiger partial charge in [0.05, 0.1) is 13.2 Å². The molecule has 0 amide bonds. The lowest BCUT2D eigenvalue weighted by Crippen LogP contribution is -2.10. The molecule has 0 radical (unpaired) electrons. The van der Waals surface area contributed by atoms with E-state index in [0.29, 0.717) is 25.6 Å². The average Bonchev–Trinajstić information content (AvgIpc) is 2.77. The van der Waals surface area contributed by atoms with Crippen LogP contribution in [0.25, 0.3) is 0 Å². The molecule has 0 aliphatic carbocycles. The van der Waals surface area contributed by atoms with Gasteiger partial charge in [-0.25, -0.2) is 9.55 Å². The Labute approximate surface area is 110 Å². The van der Waals surface area contributed by atoms with E-state index < -0.39 is 4.92 Å². The van der Waals surface area contributed by atoms with Crippen LogP contribution in [0.4, 0.5) is 5.82 Å². The number of pyridine rings is 1. The number of rotatable bonds is 6. The fourth-order valence-corrected chi connectivity index (χ4v) is 1.70. The molecule has 2 heterocycles. The summed E-state index contributed by atoms with van der Waals surface area (Å²) in [7, 11) is 0. The zero-order chi connectivity index (χ0) is 13.7. The van der Waals surface area contributed by atoms with Crippen molar-refractivity contribution in [3.8, 4) is 0 Å². The SMILES string of the molecule is Cc1ncc([N+](=O)[O-])n1CCOCc1ccncc1. The van der Waals surface area contributed by atoms with Crippen LogP contribution in [-0.2, 0) is 17.9 Å². The highest BCUT2D eigenvalue weighted by Crippen LogP contribution is 2.13. The molecule has 0 bridgehead atoms. The number of hydrogen-bond acceptors (Lipinski definition) is 5. The highest BCUT2D eigenvalue weighted by atomic mass is 16.6. The molecule has 0 fully saturated rings.